The van der Waals surface area contributed by atoms with Crippen LogP contribution >= 0.6 is 23.2 Å². The first-order valence-corrected chi connectivity index (χ1v) is 5.68. The van der Waals surface area contributed by atoms with Crippen LogP contribution in [0.1, 0.15) is 5.56 Å². The van der Waals surface area contributed by atoms with Gasteiger partial charge < -0.3 is 4.74 Å². The van der Waals surface area contributed by atoms with Gasteiger partial charge in [0.05, 0.1) is 15.6 Å². The molecule has 0 aliphatic rings. The minimum absolute atomic E-state index is 0.0211. The molecule has 0 N–H and O–H groups in total. The van der Waals surface area contributed by atoms with E-state index in [1.54, 1.807) is 12.1 Å². The van der Waals surface area contributed by atoms with Crippen molar-refractivity contribution in [2.24, 2.45) is 0 Å². The Morgan fingerprint density at radius 1 is 1.00 bits per heavy atom. The smallest absolute Gasteiger partial charge is 0.142 e. The second-order valence-corrected chi connectivity index (χ2v) is 4.25. The first-order valence-electron chi connectivity index (χ1n) is 4.92. The molecule has 5 heteroatoms. The molecular weight excluding hydrogens is 276 g/mol. The number of halogens is 3. The second kappa shape index (κ2) is 5.26. The molecule has 0 heterocycles. The molecule has 2 aromatic rings. The summed E-state index contributed by atoms with van der Waals surface area (Å²) in [5.41, 5.74) is 0.362. The highest BCUT2D eigenvalue weighted by molar-refractivity contribution is 6.32. The normalized spacial score (nSPS) is 9.89. The summed E-state index contributed by atoms with van der Waals surface area (Å²) in [5.74, 6) is 0.325. The lowest BCUT2D eigenvalue weighted by Gasteiger charge is -2.07. The van der Waals surface area contributed by atoms with E-state index in [-0.39, 0.29) is 5.02 Å². The van der Waals surface area contributed by atoms with E-state index >= 15 is 0 Å². The predicted molar refractivity (Wildman–Crippen MR) is 67.7 cm³/mol. The van der Waals surface area contributed by atoms with Crippen LogP contribution in [0.25, 0.3) is 0 Å². The molecule has 0 spiro atoms. The van der Waals surface area contributed by atoms with Crippen molar-refractivity contribution in [3.05, 3.63) is 57.8 Å². The fourth-order valence-corrected chi connectivity index (χ4v) is 1.71. The second-order valence-electron chi connectivity index (χ2n) is 3.43. The van der Waals surface area contributed by atoms with Crippen LogP contribution in [0.15, 0.2) is 36.4 Å². The summed E-state index contributed by atoms with van der Waals surface area (Å²) < 4.78 is 18.4. The number of rotatable bonds is 2. The van der Waals surface area contributed by atoms with E-state index in [4.69, 9.17) is 33.2 Å². The number of hydrogen-bond acceptors (Lipinski definition) is 2. The molecule has 0 amide bonds. The van der Waals surface area contributed by atoms with E-state index in [1.165, 1.54) is 24.3 Å². The van der Waals surface area contributed by atoms with Crippen LogP contribution < -0.4 is 4.74 Å². The lowest BCUT2D eigenvalue weighted by molar-refractivity contribution is 0.480. The Balaban J connectivity index is 2.26. The summed E-state index contributed by atoms with van der Waals surface area (Å²) in [6, 6.07) is 10.6. The third-order valence-electron chi connectivity index (χ3n) is 2.19. The molecule has 0 unspecified atom stereocenters. The molecule has 2 nitrogen and oxygen atoms in total. The van der Waals surface area contributed by atoms with Crippen LogP contribution in [0.5, 0.6) is 11.5 Å². The molecular formula is C13H6Cl2FNO. The number of ether oxygens (including phenoxy) is 1. The zero-order valence-electron chi connectivity index (χ0n) is 8.95. The van der Waals surface area contributed by atoms with Crippen molar-refractivity contribution >= 4 is 23.2 Å². The van der Waals surface area contributed by atoms with Crippen LogP contribution in [-0.2, 0) is 0 Å². The summed E-state index contributed by atoms with van der Waals surface area (Å²) in [6.07, 6.45) is 0. The number of nitriles is 1. The van der Waals surface area contributed by atoms with Crippen molar-refractivity contribution in [1.29, 1.82) is 5.26 Å². The molecule has 0 fully saturated rings. The van der Waals surface area contributed by atoms with Gasteiger partial charge in [0.2, 0.25) is 0 Å². The molecule has 0 radical (unpaired) electrons. The molecule has 18 heavy (non-hydrogen) atoms. The lowest BCUT2D eigenvalue weighted by Crippen LogP contribution is -1.86. The number of hydrogen-bond donors (Lipinski definition) is 0. The van der Waals surface area contributed by atoms with Crippen molar-refractivity contribution < 1.29 is 9.13 Å². The maximum atomic E-state index is 13.0. The van der Waals surface area contributed by atoms with Crippen molar-refractivity contribution in [3.63, 3.8) is 0 Å². The Morgan fingerprint density at radius 2 is 1.61 bits per heavy atom. The first-order chi connectivity index (χ1) is 8.60. The average Bonchev–Trinajstić information content (AvgIpc) is 2.34. The summed E-state index contributed by atoms with van der Waals surface area (Å²) >= 11 is 11.5. The van der Waals surface area contributed by atoms with E-state index in [0.29, 0.717) is 22.1 Å². The van der Waals surface area contributed by atoms with Crippen molar-refractivity contribution in [2.45, 2.75) is 0 Å². The highest BCUT2D eigenvalue weighted by atomic mass is 35.5. The number of nitrogens with zero attached hydrogens (tertiary/aromatic N) is 1. The quantitative estimate of drug-likeness (QED) is 0.792. The van der Waals surface area contributed by atoms with Gasteiger partial charge in [0.15, 0.2) is 0 Å². The van der Waals surface area contributed by atoms with Crippen molar-refractivity contribution in [1.82, 2.24) is 0 Å². The van der Waals surface area contributed by atoms with Crippen molar-refractivity contribution in [2.75, 3.05) is 0 Å². The topological polar surface area (TPSA) is 33.0 Å². The number of benzene rings is 2. The third kappa shape index (κ3) is 2.73. The molecule has 2 rings (SSSR count). The van der Waals surface area contributed by atoms with Gasteiger partial charge in [0, 0.05) is 12.1 Å². The fraction of sp³-hybridized carbons (Fsp3) is 0. The average molecular weight is 282 g/mol. The van der Waals surface area contributed by atoms with Gasteiger partial charge in [0.1, 0.15) is 23.4 Å². The SMILES string of the molecule is N#Cc1ccc(Oc2ccc(F)c(Cl)c2)cc1Cl. The van der Waals surface area contributed by atoms with E-state index in [1.807, 2.05) is 6.07 Å². The summed E-state index contributed by atoms with van der Waals surface area (Å²) in [7, 11) is 0. The van der Waals surface area contributed by atoms with E-state index in [9.17, 15) is 4.39 Å². The lowest BCUT2D eigenvalue weighted by atomic mass is 10.2. The van der Waals surface area contributed by atoms with Gasteiger partial charge in [-0.15, -0.1) is 0 Å². The maximum absolute atomic E-state index is 13.0. The standard InChI is InChI=1S/C13H6Cl2FNO/c14-11-5-9(2-1-8(11)7-17)18-10-3-4-13(16)12(15)6-10/h1-6H. The maximum Gasteiger partial charge on any atom is 0.142 e. The zero-order valence-corrected chi connectivity index (χ0v) is 10.5. The van der Waals surface area contributed by atoms with Crippen LogP contribution in [0.4, 0.5) is 4.39 Å². The molecule has 0 atom stereocenters. The Kier molecular flexibility index (Phi) is 3.71. The fourth-order valence-electron chi connectivity index (χ4n) is 1.33. The molecule has 0 aliphatic heterocycles. The first kappa shape index (κ1) is 12.7. The predicted octanol–water partition coefficient (Wildman–Crippen LogP) is 4.80. The third-order valence-corrected chi connectivity index (χ3v) is 2.79. The minimum atomic E-state index is -0.512. The monoisotopic (exact) mass is 281 g/mol. The Hall–Kier alpha value is -1.76. The molecule has 0 aliphatic carbocycles. The van der Waals surface area contributed by atoms with Gasteiger partial charge in [-0.2, -0.15) is 5.26 Å². The molecule has 0 aromatic heterocycles. The largest absolute Gasteiger partial charge is 0.457 e. The summed E-state index contributed by atoms with van der Waals surface area (Å²) in [5, 5.41) is 9.01. The van der Waals surface area contributed by atoms with Crippen LogP contribution in [0.3, 0.4) is 0 Å². The van der Waals surface area contributed by atoms with E-state index in [2.05, 4.69) is 0 Å². The summed E-state index contributed by atoms with van der Waals surface area (Å²) in [4.78, 5) is 0. The zero-order chi connectivity index (χ0) is 13.1. The summed E-state index contributed by atoms with van der Waals surface area (Å²) in [6.45, 7) is 0. The van der Waals surface area contributed by atoms with Gasteiger partial charge in [0.25, 0.3) is 0 Å². The van der Waals surface area contributed by atoms with Gasteiger partial charge in [-0.1, -0.05) is 23.2 Å². The molecule has 2 aromatic carbocycles. The van der Waals surface area contributed by atoms with Crippen LogP contribution in [0, 0.1) is 17.1 Å². The molecule has 0 saturated heterocycles. The Labute approximate surface area is 113 Å². The van der Waals surface area contributed by atoms with Crippen LogP contribution in [0.2, 0.25) is 10.0 Å². The highest BCUT2D eigenvalue weighted by Gasteiger charge is 2.05. The minimum Gasteiger partial charge on any atom is -0.457 e. The molecule has 0 bridgehead atoms. The Morgan fingerprint density at radius 3 is 2.17 bits per heavy atom. The van der Waals surface area contributed by atoms with Crippen molar-refractivity contribution in [3.8, 4) is 17.6 Å². The molecule has 90 valence electrons. The molecule has 0 saturated carbocycles. The Bertz CT molecular complexity index is 637. The van der Waals surface area contributed by atoms with E-state index in [0.717, 1.165) is 0 Å². The van der Waals surface area contributed by atoms with Gasteiger partial charge in [-0.25, -0.2) is 4.39 Å². The highest BCUT2D eigenvalue weighted by Crippen LogP contribution is 2.28. The van der Waals surface area contributed by atoms with Gasteiger partial charge in [-0.05, 0) is 24.3 Å². The van der Waals surface area contributed by atoms with E-state index < -0.39 is 5.82 Å². The van der Waals surface area contributed by atoms with Gasteiger partial charge >= 0.3 is 0 Å². The van der Waals surface area contributed by atoms with Gasteiger partial charge in [-0.3, -0.25) is 0 Å². The van der Waals surface area contributed by atoms with Crippen LogP contribution in [-0.4, -0.2) is 0 Å².